The molecule has 1 nitrogen and oxygen atoms in total. The van der Waals surface area contributed by atoms with Gasteiger partial charge < -0.3 is 4.42 Å². The summed E-state index contributed by atoms with van der Waals surface area (Å²) in [7, 11) is 0. The second kappa shape index (κ2) is 9.11. The quantitative estimate of drug-likeness (QED) is 0.233. The van der Waals surface area contributed by atoms with Crippen molar-refractivity contribution in [3.63, 3.8) is 0 Å². The summed E-state index contributed by atoms with van der Waals surface area (Å²) < 4.78 is 6.77. The molecule has 10 rings (SSSR count). The number of fused-ring (bicyclic) bond motifs is 10. The summed E-state index contributed by atoms with van der Waals surface area (Å²) in [4.78, 5) is 0. The van der Waals surface area contributed by atoms with Crippen LogP contribution in [0.25, 0.3) is 32.7 Å². The molecule has 0 bridgehead atoms. The maximum absolute atomic E-state index is 6.77. The van der Waals surface area contributed by atoms with Crippen molar-refractivity contribution in [2.45, 2.75) is 89.4 Å². The normalized spacial score (nSPS) is 41.6. The van der Waals surface area contributed by atoms with Crippen LogP contribution in [0.3, 0.4) is 0 Å². The van der Waals surface area contributed by atoms with Crippen LogP contribution in [0, 0.1) is 59.2 Å². The number of rotatable bonds is 1. The van der Waals surface area contributed by atoms with Crippen LogP contribution < -0.4 is 0 Å². The minimum Gasteiger partial charge on any atom is -0.456 e. The highest BCUT2D eigenvalue weighted by molar-refractivity contribution is 6.10. The maximum Gasteiger partial charge on any atom is 0.138 e. The van der Waals surface area contributed by atoms with Gasteiger partial charge in [-0.25, -0.2) is 0 Å². The van der Waals surface area contributed by atoms with Crippen molar-refractivity contribution in [1.29, 1.82) is 0 Å². The zero-order chi connectivity index (χ0) is 26.7. The molecule has 6 aliphatic carbocycles. The lowest BCUT2D eigenvalue weighted by Gasteiger charge is -2.67. The van der Waals surface area contributed by atoms with E-state index in [-0.39, 0.29) is 0 Å². The van der Waals surface area contributed by atoms with Crippen LogP contribution in [-0.2, 0) is 0 Å². The molecule has 0 aliphatic heterocycles. The van der Waals surface area contributed by atoms with Crippen LogP contribution in [0.2, 0.25) is 0 Å². The van der Waals surface area contributed by atoms with Crippen molar-refractivity contribution in [3.8, 4) is 0 Å². The number of benzene rings is 3. The summed E-state index contributed by atoms with van der Waals surface area (Å²) in [6, 6.07) is 20.5. The molecular formula is C40H46O. The van der Waals surface area contributed by atoms with Gasteiger partial charge in [0.1, 0.15) is 11.2 Å². The lowest BCUT2D eigenvalue weighted by atomic mass is 9.37. The molecule has 1 aromatic heterocycles. The molecule has 4 aromatic rings. The van der Waals surface area contributed by atoms with E-state index in [4.69, 9.17) is 4.42 Å². The Morgan fingerprint density at radius 3 is 1.80 bits per heavy atom. The molecule has 11 unspecified atom stereocenters. The van der Waals surface area contributed by atoms with Gasteiger partial charge in [-0.2, -0.15) is 0 Å². The molecule has 6 fully saturated rings. The molecule has 6 aliphatic rings. The molecule has 212 valence electrons. The van der Waals surface area contributed by atoms with E-state index in [2.05, 4.69) is 54.6 Å². The Morgan fingerprint density at radius 2 is 1.10 bits per heavy atom. The first-order chi connectivity index (χ1) is 20.3. The van der Waals surface area contributed by atoms with E-state index in [9.17, 15) is 0 Å². The van der Waals surface area contributed by atoms with Crippen molar-refractivity contribution in [2.75, 3.05) is 0 Å². The van der Waals surface area contributed by atoms with E-state index < -0.39 is 0 Å². The molecule has 0 amide bonds. The van der Waals surface area contributed by atoms with Crippen molar-refractivity contribution in [3.05, 3.63) is 60.2 Å². The lowest BCUT2D eigenvalue weighted by Crippen LogP contribution is -2.61. The summed E-state index contributed by atoms with van der Waals surface area (Å²) in [6.07, 6.45) is 19.8. The standard InChI is InChI=1S/C40H46O/c1-2-9-24-22-37-36(20-23(24)8-1)34-17-5-12-26(40(34)41-37)25-18-19-29-32-15-6-13-30-27-10-3-4-11-28(27)31-14-7-16-33(35(29)21-25)39(31)38(30)32/h1-2,5,8-9,12,17,20,22,25,27-33,35,38-39H,3-4,6-7,10-11,13-16,18-19,21H2. The van der Waals surface area contributed by atoms with Crippen LogP contribution in [0.15, 0.2) is 59.0 Å². The fourth-order valence-corrected chi connectivity index (χ4v) is 13.3. The minimum atomic E-state index is 0.664. The fraction of sp³-hybridized carbons (Fsp3) is 0.600. The first-order valence-electron chi connectivity index (χ1n) is 17.7. The zero-order valence-electron chi connectivity index (χ0n) is 24.6. The number of para-hydroxylation sites is 1. The summed E-state index contributed by atoms with van der Waals surface area (Å²) in [6.45, 7) is 0. The Morgan fingerprint density at radius 1 is 0.488 bits per heavy atom. The first kappa shape index (κ1) is 24.2. The van der Waals surface area contributed by atoms with E-state index in [1.807, 2.05) is 0 Å². The Bertz CT molecular complexity index is 1630. The molecular weight excluding hydrogens is 496 g/mol. The van der Waals surface area contributed by atoms with Gasteiger partial charge in [-0.1, -0.05) is 68.1 Å². The minimum absolute atomic E-state index is 0.664. The molecule has 6 saturated carbocycles. The third kappa shape index (κ3) is 3.41. The average Bonchev–Trinajstić information content (AvgIpc) is 3.40. The molecule has 1 heteroatoms. The van der Waals surface area contributed by atoms with E-state index in [1.54, 1.807) is 38.5 Å². The Labute approximate surface area is 245 Å². The molecule has 41 heavy (non-hydrogen) atoms. The predicted octanol–water partition coefficient (Wildman–Crippen LogP) is 11.1. The van der Waals surface area contributed by atoms with Crippen LogP contribution in [0.5, 0.6) is 0 Å². The second-order valence-electron chi connectivity index (χ2n) is 15.6. The van der Waals surface area contributed by atoms with Gasteiger partial charge in [0, 0.05) is 10.8 Å². The summed E-state index contributed by atoms with van der Waals surface area (Å²) in [5.74, 6) is 11.3. The zero-order valence-corrected chi connectivity index (χ0v) is 24.6. The van der Waals surface area contributed by atoms with E-state index >= 15 is 0 Å². The van der Waals surface area contributed by atoms with Crippen LogP contribution in [0.1, 0.15) is 95.0 Å². The maximum atomic E-state index is 6.77. The van der Waals surface area contributed by atoms with Gasteiger partial charge in [-0.15, -0.1) is 0 Å². The molecule has 11 atom stereocenters. The van der Waals surface area contributed by atoms with Gasteiger partial charge in [0.2, 0.25) is 0 Å². The molecule has 0 radical (unpaired) electrons. The van der Waals surface area contributed by atoms with Gasteiger partial charge >= 0.3 is 0 Å². The average molecular weight is 543 g/mol. The number of hydrogen-bond acceptors (Lipinski definition) is 1. The molecule has 1 heterocycles. The SMILES string of the molecule is c1ccc2cc3c(cc2c1)oc1c(C2CCC4C(C2)C2CCCC5C6CCCCC6C6CCCC4C6C52)cccc13. The summed E-state index contributed by atoms with van der Waals surface area (Å²) in [5.41, 5.74) is 3.78. The van der Waals surface area contributed by atoms with Gasteiger partial charge in [0.25, 0.3) is 0 Å². The van der Waals surface area contributed by atoms with Crippen LogP contribution >= 0.6 is 0 Å². The third-order valence-electron chi connectivity index (χ3n) is 14.4. The number of hydrogen-bond donors (Lipinski definition) is 0. The van der Waals surface area contributed by atoms with Crippen molar-refractivity contribution >= 4 is 32.7 Å². The van der Waals surface area contributed by atoms with Crippen molar-refractivity contribution in [2.24, 2.45) is 59.2 Å². The van der Waals surface area contributed by atoms with Crippen molar-refractivity contribution < 1.29 is 4.42 Å². The first-order valence-corrected chi connectivity index (χ1v) is 17.7. The van der Waals surface area contributed by atoms with Crippen LogP contribution in [0.4, 0.5) is 0 Å². The van der Waals surface area contributed by atoms with Gasteiger partial charge in [-0.3, -0.25) is 0 Å². The van der Waals surface area contributed by atoms with E-state index in [1.165, 1.54) is 77.6 Å². The molecule has 0 saturated heterocycles. The monoisotopic (exact) mass is 542 g/mol. The lowest BCUT2D eigenvalue weighted by molar-refractivity contribution is -0.188. The largest absolute Gasteiger partial charge is 0.456 e. The van der Waals surface area contributed by atoms with Crippen molar-refractivity contribution in [1.82, 2.24) is 0 Å². The Kier molecular flexibility index (Phi) is 5.38. The third-order valence-corrected chi connectivity index (χ3v) is 14.4. The van der Waals surface area contributed by atoms with Crippen LogP contribution in [-0.4, -0.2) is 0 Å². The Balaban J connectivity index is 1.04. The highest BCUT2D eigenvalue weighted by Gasteiger charge is 2.62. The highest BCUT2D eigenvalue weighted by atomic mass is 16.3. The topological polar surface area (TPSA) is 13.1 Å². The summed E-state index contributed by atoms with van der Waals surface area (Å²) in [5, 5.41) is 5.22. The molecule has 3 aromatic carbocycles. The molecule has 0 N–H and O–H groups in total. The van der Waals surface area contributed by atoms with Gasteiger partial charge in [0.05, 0.1) is 0 Å². The van der Waals surface area contributed by atoms with Gasteiger partial charge in [-0.05, 0) is 151 Å². The van der Waals surface area contributed by atoms with E-state index in [0.29, 0.717) is 5.92 Å². The second-order valence-corrected chi connectivity index (χ2v) is 15.6. The molecule has 0 spiro atoms. The highest BCUT2D eigenvalue weighted by Crippen LogP contribution is 2.69. The Hall–Kier alpha value is -2.28. The smallest absolute Gasteiger partial charge is 0.138 e. The fourth-order valence-electron chi connectivity index (χ4n) is 13.3. The number of furan rings is 1. The van der Waals surface area contributed by atoms with E-state index in [0.717, 1.165) is 64.8 Å². The van der Waals surface area contributed by atoms with Gasteiger partial charge in [0.15, 0.2) is 0 Å². The summed E-state index contributed by atoms with van der Waals surface area (Å²) >= 11 is 0. The predicted molar refractivity (Wildman–Crippen MR) is 169 cm³/mol.